The fourth-order valence-corrected chi connectivity index (χ4v) is 2.97. The van der Waals surface area contributed by atoms with E-state index in [1.165, 1.54) is 0 Å². The van der Waals surface area contributed by atoms with Crippen molar-refractivity contribution < 1.29 is 14.3 Å². The van der Waals surface area contributed by atoms with Crippen molar-refractivity contribution in [3.63, 3.8) is 0 Å². The van der Waals surface area contributed by atoms with Crippen molar-refractivity contribution in [2.75, 3.05) is 25.1 Å². The highest BCUT2D eigenvalue weighted by Crippen LogP contribution is 2.32. The van der Waals surface area contributed by atoms with Gasteiger partial charge in [0.05, 0.1) is 18.7 Å². The first-order chi connectivity index (χ1) is 12.2. The molecule has 2 aromatic rings. The number of benzene rings is 1. The first-order valence-electron chi connectivity index (χ1n) is 8.30. The number of para-hydroxylation sites is 2. The van der Waals surface area contributed by atoms with E-state index < -0.39 is 0 Å². The molecule has 1 aliphatic heterocycles. The number of hydrogen-bond acceptors (Lipinski definition) is 4. The van der Waals surface area contributed by atoms with E-state index in [4.69, 9.17) is 4.74 Å². The van der Waals surface area contributed by atoms with E-state index in [2.05, 4.69) is 10.3 Å². The van der Waals surface area contributed by atoms with Gasteiger partial charge in [0, 0.05) is 37.8 Å². The van der Waals surface area contributed by atoms with Crippen molar-refractivity contribution in [1.82, 2.24) is 10.3 Å². The standard InChI is InChI=1S/C19H21N3O3/c1-25-17-8-3-2-7-16(17)22-13-14(12-18(22)23)19(24)21-11-9-15-6-4-5-10-20-15/h2-8,10,14H,9,11-13H2,1H3,(H,21,24). The molecule has 0 radical (unpaired) electrons. The number of anilines is 1. The molecule has 1 aromatic carbocycles. The van der Waals surface area contributed by atoms with Gasteiger partial charge >= 0.3 is 0 Å². The van der Waals surface area contributed by atoms with Gasteiger partial charge in [-0.1, -0.05) is 18.2 Å². The van der Waals surface area contributed by atoms with Gasteiger partial charge in [-0.15, -0.1) is 0 Å². The second-order valence-electron chi connectivity index (χ2n) is 5.94. The van der Waals surface area contributed by atoms with E-state index in [9.17, 15) is 9.59 Å². The molecule has 0 bridgehead atoms. The van der Waals surface area contributed by atoms with Crippen molar-refractivity contribution in [3.8, 4) is 5.75 Å². The maximum atomic E-state index is 12.4. The van der Waals surface area contributed by atoms with E-state index in [1.807, 2.05) is 42.5 Å². The summed E-state index contributed by atoms with van der Waals surface area (Å²) in [6.45, 7) is 0.879. The van der Waals surface area contributed by atoms with E-state index >= 15 is 0 Å². The smallest absolute Gasteiger partial charge is 0.227 e. The monoisotopic (exact) mass is 339 g/mol. The van der Waals surface area contributed by atoms with Crippen LogP contribution in [-0.4, -0.2) is 37.0 Å². The Morgan fingerprint density at radius 2 is 2.08 bits per heavy atom. The Morgan fingerprint density at radius 1 is 1.28 bits per heavy atom. The van der Waals surface area contributed by atoms with Gasteiger partial charge in [0.25, 0.3) is 0 Å². The van der Waals surface area contributed by atoms with Crippen LogP contribution in [0.1, 0.15) is 12.1 Å². The molecule has 1 aliphatic rings. The summed E-state index contributed by atoms with van der Waals surface area (Å²) in [6.07, 6.45) is 2.62. The minimum absolute atomic E-state index is 0.0608. The quantitative estimate of drug-likeness (QED) is 0.871. The molecule has 1 atom stereocenters. The number of nitrogens with one attached hydrogen (secondary N) is 1. The van der Waals surface area contributed by atoms with Gasteiger partial charge in [0.15, 0.2) is 0 Å². The van der Waals surface area contributed by atoms with Crippen LogP contribution in [0.2, 0.25) is 0 Å². The number of aromatic nitrogens is 1. The number of ether oxygens (including phenoxy) is 1. The van der Waals surface area contributed by atoms with Crippen molar-refractivity contribution in [2.24, 2.45) is 5.92 Å². The van der Waals surface area contributed by atoms with Crippen LogP contribution in [0.5, 0.6) is 5.75 Å². The summed E-state index contributed by atoms with van der Waals surface area (Å²) in [7, 11) is 1.57. The summed E-state index contributed by atoms with van der Waals surface area (Å²) in [5.74, 6) is 0.129. The Balaban J connectivity index is 1.57. The van der Waals surface area contributed by atoms with Crippen molar-refractivity contribution in [2.45, 2.75) is 12.8 Å². The largest absolute Gasteiger partial charge is 0.495 e. The molecule has 1 saturated heterocycles. The number of nitrogens with zero attached hydrogens (tertiary/aromatic N) is 2. The normalized spacial score (nSPS) is 16.8. The van der Waals surface area contributed by atoms with Gasteiger partial charge in [0.1, 0.15) is 5.75 Å². The van der Waals surface area contributed by atoms with Gasteiger partial charge in [-0.2, -0.15) is 0 Å². The van der Waals surface area contributed by atoms with E-state index in [0.29, 0.717) is 30.9 Å². The molecule has 25 heavy (non-hydrogen) atoms. The van der Waals surface area contributed by atoms with Gasteiger partial charge in [0.2, 0.25) is 11.8 Å². The van der Waals surface area contributed by atoms with Crippen molar-refractivity contribution in [3.05, 3.63) is 54.4 Å². The van der Waals surface area contributed by atoms with Crippen LogP contribution in [0.15, 0.2) is 48.7 Å². The second-order valence-corrected chi connectivity index (χ2v) is 5.94. The Hall–Kier alpha value is -2.89. The molecular formula is C19H21N3O3. The predicted molar refractivity (Wildman–Crippen MR) is 94.4 cm³/mol. The van der Waals surface area contributed by atoms with Crippen LogP contribution in [0.3, 0.4) is 0 Å². The van der Waals surface area contributed by atoms with E-state index in [1.54, 1.807) is 18.2 Å². The molecular weight excluding hydrogens is 318 g/mol. The molecule has 2 amide bonds. The lowest BCUT2D eigenvalue weighted by Gasteiger charge is -2.19. The molecule has 130 valence electrons. The first kappa shape index (κ1) is 17.0. The third-order valence-electron chi connectivity index (χ3n) is 4.28. The highest BCUT2D eigenvalue weighted by atomic mass is 16.5. The molecule has 2 heterocycles. The van der Waals surface area contributed by atoms with E-state index in [-0.39, 0.29) is 24.2 Å². The maximum Gasteiger partial charge on any atom is 0.227 e. The Bertz CT molecular complexity index is 749. The van der Waals surface area contributed by atoms with Crippen molar-refractivity contribution in [1.29, 1.82) is 0 Å². The lowest BCUT2D eigenvalue weighted by molar-refractivity contribution is -0.126. The molecule has 1 fully saturated rings. The van der Waals surface area contributed by atoms with E-state index in [0.717, 1.165) is 5.69 Å². The topological polar surface area (TPSA) is 71.5 Å². The molecule has 6 heteroatoms. The van der Waals surface area contributed by atoms with Crippen LogP contribution in [0.4, 0.5) is 5.69 Å². The maximum absolute atomic E-state index is 12.4. The summed E-state index contributed by atoms with van der Waals surface area (Å²) < 4.78 is 5.31. The zero-order valence-electron chi connectivity index (χ0n) is 14.1. The van der Waals surface area contributed by atoms with Crippen LogP contribution in [0.25, 0.3) is 0 Å². The molecule has 1 N–H and O–H groups in total. The number of carbonyl (C=O) groups is 2. The molecule has 3 rings (SSSR count). The fraction of sp³-hybridized carbons (Fsp3) is 0.316. The lowest BCUT2D eigenvalue weighted by Crippen LogP contribution is -2.34. The minimum atomic E-state index is -0.346. The Morgan fingerprint density at radius 3 is 2.84 bits per heavy atom. The number of carbonyl (C=O) groups excluding carboxylic acids is 2. The zero-order chi connectivity index (χ0) is 17.6. The summed E-state index contributed by atoms with van der Waals surface area (Å²) in [4.78, 5) is 30.6. The lowest BCUT2D eigenvalue weighted by atomic mass is 10.1. The second kappa shape index (κ2) is 7.79. The first-order valence-corrected chi connectivity index (χ1v) is 8.30. The Kier molecular flexibility index (Phi) is 5.28. The number of rotatable bonds is 6. The molecule has 0 saturated carbocycles. The average molecular weight is 339 g/mol. The Labute approximate surface area is 146 Å². The van der Waals surface area contributed by atoms with Crippen LogP contribution in [0, 0.1) is 5.92 Å². The van der Waals surface area contributed by atoms with Gasteiger partial charge in [-0.05, 0) is 24.3 Å². The third-order valence-corrected chi connectivity index (χ3v) is 4.28. The summed E-state index contributed by atoms with van der Waals surface area (Å²) in [5.41, 5.74) is 1.64. The molecule has 6 nitrogen and oxygen atoms in total. The van der Waals surface area contributed by atoms with Crippen LogP contribution in [-0.2, 0) is 16.0 Å². The van der Waals surface area contributed by atoms with Gasteiger partial charge in [-0.3, -0.25) is 14.6 Å². The number of amides is 2. The fourth-order valence-electron chi connectivity index (χ4n) is 2.97. The van der Waals surface area contributed by atoms with Crippen molar-refractivity contribution >= 4 is 17.5 Å². The van der Waals surface area contributed by atoms with Gasteiger partial charge < -0.3 is 15.0 Å². The molecule has 0 spiro atoms. The number of pyridine rings is 1. The molecule has 0 aliphatic carbocycles. The summed E-state index contributed by atoms with van der Waals surface area (Å²) in [6, 6.07) is 13.1. The SMILES string of the molecule is COc1ccccc1N1CC(C(=O)NCCc2ccccn2)CC1=O. The molecule has 1 unspecified atom stereocenters. The predicted octanol–water partition coefficient (Wildman–Crippen LogP) is 1.80. The number of methoxy groups -OCH3 is 1. The summed E-state index contributed by atoms with van der Waals surface area (Å²) in [5, 5.41) is 2.91. The van der Waals surface area contributed by atoms with Crippen LogP contribution < -0.4 is 15.0 Å². The average Bonchev–Trinajstić information content (AvgIpc) is 3.04. The highest BCUT2D eigenvalue weighted by Gasteiger charge is 2.36. The van der Waals surface area contributed by atoms with Gasteiger partial charge in [-0.25, -0.2) is 0 Å². The number of hydrogen-bond donors (Lipinski definition) is 1. The third kappa shape index (κ3) is 3.96. The zero-order valence-corrected chi connectivity index (χ0v) is 14.1. The minimum Gasteiger partial charge on any atom is -0.495 e. The summed E-state index contributed by atoms with van der Waals surface area (Å²) >= 11 is 0. The van der Waals surface area contributed by atoms with Crippen LogP contribution >= 0.6 is 0 Å². The highest BCUT2D eigenvalue weighted by molar-refractivity contribution is 6.01. The molecule has 1 aromatic heterocycles.